The highest BCUT2D eigenvalue weighted by atomic mass is 16.5. The van der Waals surface area contributed by atoms with Crippen molar-refractivity contribution < 1.29 is 4.52 Å². The van der Waals surface area contributed by atoms with E-state index in [1.807, 2.05) is 31.2 Å². The molecule has 0 aliphatic carbocycles. The molecule has 3 aromatic rings. The van der Waals surface area contributed by atoms with E-state index >= 15 is 0 Å². The van der Waals surface area contributed by atoms with E-state index in [2.05, 4.69) is 10.3 Å². The van der Waals surface area contributed by atoms with E-state index in [1.165, 1.54) is 6.20 Å². The van der Waals surface area contributed by atoms with Crippen LogP contribution in [0.1, 0.15) is 11.5 Å². The molecule has 1 aromatic carbocycles. The maximum atomic E-state index is 11.7. The maximum absolute atomic E-state index is 11.7. The Morgan fingerprint density at radius 3 is 2.94 bits per heavy atom. The SMILES string of the molecule is Cc1cc(Cn2ncc(=O)c3ccccc32)no1. The zero-order chi connectivity index (χ0) is 12.5. The van der Waals surface area contributed by atoms with Crippen molar-refractivity contribution in [1.29, 1.82) is 0 Å². The van der Waals surface area contributed by atoms with E-state index < -0.39 is 0 Å². The minimum atomic E-state index is -0.0711. The summed E-state index contributed by atoms with van der Waals surface area (Å²) in [6.45, 7) is 2.32. The molecular weight excluding hydrogens is 230 g/mol. The van der Waals surface area contributed by atoms with Crippen molar-refractivity contribution in [2.24, 2.45) is 0 Å². The molecule has 0 spiro atoms. The van der Waals surface area contributed by atoms with E-state index in [-0.39, 0.29) is 5.43 Å². The Kier molecular flexibility index (Phi) is 2.44. The van der Waals surface area contributed by atoms with Gasteiger partial charge in [0.2, 0.25) is 5.43 Å². The van der Waals surface area contributed by atoms with Crippen molar-refractivity contribution in [3.63, 3.8) is 0 Å². The van der Waals surface area contributed by atoms with E-state index in [0.29, 0.717) is 11.9 Å². The first-order valence-corrected chi connectivity index (χ1v) is 5.61. The molecule has 2 heterocycles. The van der Waals surface area contributed by atoms with E-state index in [9.17, 15) is 4.79 Å². The first-order chi connectivity index (χ1) is 8.74. The van der Waals surface area contributed by atoms with Gasteiger partial charge >= 0.3 is 0 Å². The van der Waals surface area contributed by atoms with Crippen LogP contribution in [0.3, 0.4) is 0 Å². The van der Waals surface area contributed by atoms with Gasteiger partial charge in [0.15, 0.2) is 0 Å². The molecule has 5 nitrogen and oxygen atoms in total. The second kappa shape index (κ2) is 4.10. The van der Waals surface area contributed by atoms with Gasteiger partial charge in [0.1, 0.15) is 11.5 Å². The third-order valence-electron chi connectivity index (χ3n) is 2.75. The fourth-order valence-corrected chi connectivity index (χ4v) is 1.93. The summed E-state index contributed by atoms with van der Waals surface area (Å²) >= 11 is 0. The molecule has 0 N–H and O–H groups in total. The largest absolute Gasteiger partial charge is 0.361 e. The molecule has 90 valence electrons. The van der Waals surface area contributed by atoms with Crippen molar-refractivity contribution in [3.8, 4) is 0 Å². The van der Waals surface area contributed by atoms with Crippen molar-refractivity contribution in [2.75, 3.05) is 0 Å². The van der Waals surface area contributed by atoms with Crippen molar-refractivity contribution in [3.05, 3.63) is 58.2 Å². The van der Waals surface area contributed by atoms with Gasteiger partial charge in [-0.3, -0.25) is 9.48 Å². The molecule has 0 fully saturated rings. The van der Waals surface area contributed by atoms with Crippen LogP contribution in [0, 0.1) is 6.92 Å². The number of aromatic nitrogens is 3. The van der Waals surface area contributed by atoms with Crippen LogP contribution in [0.25, 0.3) is 10.9 Å². The van der Waals surface area contributed by atoms with E-state index in [0.717, 1.165) is 17.0 Å². The van der Waals surface area contributed by atoms with Gasteiger partial charge in [-0.2, -0.15) is 5.10 Å². The Morgan fingerprint density at radius 1 is 1.33 bits per heavy atom. The molecule has 0 atom stereocenters. The number of hydrogen-bond acceptors (Lipinski definition) is 4. The highest BCUT2D eigenvalue weighted by Crippen LogP contribution is 2.10. The number of hydrogen-bond donors (Lipinski definition) is 0. The average Bonchev–Trinajstić information content (AvgIpc) is 2.79. The summed E-state index contributed by atoms with van der Waals surface area (Å²) in [7, 11) is 0. The third kappa shape index (κ3) is 1.79. The average molecular weight is 241 g/mol. The van der Waals surface area contributed by atoms with Crippen LogP contribution in [0.2, 0.25) is 0 Å². The van der Waals surface area contributed by atoms with Crippen molar-refractivity contribution in [2.45, 2.75) is 13.5 Å². The molecule has 0 radical (unpaired) electrons. The predicted molar refractivity (Wildman–Crippen MR) is 66.3 cm³/mol. The van der Waals surface area contributed by atoms with Gasteiger partial charge in [0.25, 0.3) is 0 Å². The quantitative estimate of drug-likeness (QED) is 0.685. The highest BCUT2D eigenvalue weighted by Gasteiger charge is 2.06. The Labute approximate surface area is 103 Å². The molecule has 0 saturated heterocycles. The molecule has 3 rings (SSSR count). The fraction of sp³-hybridized carbons (Fsp3) is 0.154. The number of aryl methyl sites for hydroxylation is 1. The molecule has 0 aliphatic rings. The molecule has 5 heteroatoms. The number of nitrogens with zero attached hydrogens (tertiary/aromatic N) is 3. The summed E-state index contributed by atoms with van der Waals surface area (Å²) in [6.07, 6.45) is 1.33. The standard InChI is InChI=1S/C13H11N3O2/c1-9-6-10(15-18-9)8-16-12-5-3-2-4-11(12)13(17)7-14-16/h2-7H,8H2,1H3. The Bertz CT molecular complexity index is 758. The summed E-state index contributed by atoms with van der Waals surface area (Å²) in [5, 5.41) is 8.72. The van der Waals surface area contributed by atoms with Crippen LogP contribution < -0.4 is 5.43 Å². The normalized spacial score (nSPS) is 10.9. The summed E-state index contributed by atoms with van der Waals surface area (Å²) in [4.78, 5) is 11.7. The Balaban J connectivity index is 2.12. The van der Waals surface area contributed by atoms with Gasteiger partial charge in [-0.25, -0.2) is 0 Å². The number of rotatable bonds is 2. The summed E-state index contributed by atoms with van der Waals surface area (Å²) in [5.74, 6) is 0.760. The van der Waals surface area contributed by atoms with E-state index in [1.54, 1.807) is 10.7 Å². The minimum Gasteiger partial charge on any atom is -0.361 e. The lowest BCUT2D eigenvalue weighted by Crippen LogP contribution is -2.12. The van der Waals surface area contributed by atoms with Crippen LogP contribution in [0.4, 0.5) is 0 Å². The van der Waals surface area contributed by atoms with Crippen molar-refractivity contribution in [1.82, 2.24) is 14.9 Å². The van der Waals surface area contributed by atoms with Gasteiger partial charge in [0, 0.05) is 11.5 Å². The molecule has 0 aliphatic heterocycles. The maximum Gasteiger partial charge on any atom is 0.207 e. The van der Waals surface area contributed by atoms with Crippen LogP contribution >= 0.6 is 0 Å². The molecule has 0 saturated carbocycles. The molecule has 0 bridgehead atoms. The highest BCUT2D eigenvalue weighted by molar-refractivity contribution is 5.77. The van der Waals surface area contributed by atoms with E-state index in [4.69, 9.17) is 4.52 Å². The summed E-state index contributed by atoms with van der Waals surface area (Å²) in [5.41, 5.74) is 1.51. The van der Waals surface area contributed by atoms with Crippen molar-refractivity contribution >= 4 is 10.9 Å². The smallest absolute Gasteiger partial charge is 0.207 e. The topological polar surface area (TPSA) is 60.9 Å². The van der Waals surface area contributed by atoms with Gasteiger partial charge in [-0.15, -0.1) is 0 Å². The predicted octanol–water partition coefficient (Wildman–Crippen LogP) is 1.74. The lowest BCUT2D eigenvalue weighted by atomic mass is 10.2. The van der Waals surface area contributed by atoms with Crippen LogP contribution in [-0.4, -0.2) is 14.9 Å². The second-order valence-corrected chi connectivity index (χ2v) is 4.11. The number of fused-ring (bicyclic) bond motifs is 1. The lowest BCUT2D eigenvalue weighted by molar-refractivity contribution is 0.388. The van der Waals surface area contributed by atoms with Crippen LogP contribution in [0.15, 0.2) is 45.8 Å². The van der Waals surface area contributed by atoms with Gasteiger partial charge in [-0.05, 0) is 19.1 Å². The Hall–Kier alpha value is -2.43. The summed E-state index contributed by atoms with van der Waals surface area (Å²) < 4.78 is 6.76. The lowest BCUT2D eigenvalue weighted by Gasteiger charge is -2.06. The van der Waals surface area contributed by atoms with Crippen LogP contribution in [0.5, 0.6) is 0 Å². The first kappa shape index (κ1) is 10.7. The number of para-hydroxylation sites is 1. The molecule has 2 aromatic heterocycles. The molecule has 0 amide bonds. The first-order valence-electron chi connectivity index (χ1n) is 5.61. The molecular formula is C13H11N3O2. The van der Waals surface area contributed by atoms with Crippen LogP contribution in [-0.2, 0) is 6.54 Å². The molecule has 0 unspecified atom stereocenters. The monoisotopic (exact) mass is 241 g/mol. The van der Waals surface area contributed by atoms with Gasteiger partial charge in [-0.1, -0.05) is 17.3 Å². The zero-order valence-electron chi connectivity index (χ0n) is 9.83. The third-order valence-corrected chi connectivity index (χ3v) is 2.75. The van der Waals surface area contributed by atoms with Gasteiger partial charge < -0.3 is 4.52 Å². The molecule has 18 heavy (non-hydrogen) atoms. The minimum absolute atomic E-state index is 0.0711. The Morgan fingerprint density at radius 2 is 2.17 bits per heavy atom. The number of benzene rings is 1. The fourth-order valence-electron chi connectivity index (χ4n) is 1.93. The summed E-state index contributed by atoms with van der Waals surface area (Å²) in [6, 6.07) is 9.25. The zero-order valence-corrected chi connectivity index (χ0v) is 9.83. The second-order valence-electron chi connectivity index (χ2n) is 4.11. The van der Waals surface area contributed by atoms with Gasteiger partial charge in [0.05, 0.1) is 18.3 Å².